The number of carbonyl (C=O) groups excluding carboxylic acids is 1. The molecule has 2 N–H and O–H groups in total. The SMILES string of the molecule is Cn1ccc2nc(C(=O)N[C@H]3CCCC[C@@H]3O)cc(Cc3ccc(-c4cscn4)cc3)c21. The summed E-state index contributed by atoms with van der Waals surface area (Å²) in [7, 11) is 2.00. The number of thiazole rings is 1. The molecule has 1 amide bonds. The van der Waals surface area contributed by atoms with Gasteiger partial charge in [0.05, 0.1) is 34.4 Å². The third-order valence-electron chi connectivity index (χ3n) is 6.26. The van der Waals surface area contributed by atoms with Crippen molar-refractivity contribution in [3.05, 3.63) is 70.3 Å². The van der Waals surface area contributed by atoms with Gasteiger partial charge < -0.3 is 15.0 Å². The van der Waals surface area contributed by atoms with E-state index in [4.69, 9.17) is 0 Å². The second-order valence-corrected chi connectivity index (χ2v) is 9.22. The number of hydrogen-bond donors (Lipinski definition) is 2. The number of nitrogens with zero attached hydrogens (tertiary/aromatic N) is 3. The molecule has 1 aromatic carbocycles. The highest BCUT2D eigenvalue weighted by Crippen LogP contribution is 2.25. The first kappa shape index (κ1) is 20.8. The van der Waals surface area contributed by atoms with Crippen LogP contribution in [0.15, 0.2) is 53.5 Å². The molecule has 32 heavy (non-hydrogen) atoms. The predicted molar refractivity (Wildman–Crippen MR) is 127 cm³/mol. The minimum Gasteiger partial charge on any atom is -0.391 e. The fourth-order valence-corrected chi connectivity index (χ4v) is 5.10. The van der Waals surface area contributed by atoms with E-state index in [1.807, 2.05) is 40.8 Å². The first-order chi connectivity index (χ1) is 15.6. The smallest absolute Gasteiger partial charge is 0.270 e. The van der Waals surface area contributed by atoms with Gasteiger partial charge in [0.2, 0.25) is 0 Å². The topological polar surface area (TPSA) is 80.0 Å². The van der Waals surface area contributed by atoms with Gasteiger partial charge in [-0.25, -0.2) is 9.97 Å². The number of nitrogens with one attached hydrogen (secondary N) is 1. The van der Waals surface area contributed by atoms with Gasteiger partial charge in [-0.2, -0.15) is 0 Å². The Labute approximate surface area is 191 Å². The molecular weight excluding hydrogens is 420 g/mol. The van der Waals surface area contributed by atoms with Gasteiger partial charge in [-0.15, -0.1) is 11.3 Å². The monoisotopic (exact) mass is 446 g/mol. The summed E-state index contributed by atoms with van der Waals surface area (Å²) in [4.78, 5) is 22.0. The molecule has 0 bridgehead atoms. The van der Waals surface area contributed by atoms with E-state index >= 15 is 0 Å². The van der Waals surface area contributed by atoms with Crippen LogP contribution in [-0.4, -0.2) is 37.7 Å². The average Bonchev–Trinajstić information content (AvgIpc) is 3.46. The molecule has 1 saturated carbocycles. The van der Waals surface area contributed by atoms with Crippen molar-refractivity contribution in [3.8, 4) is 11.3 Å². The number of aryl methyl sites for hydroxylation is 1. The second-order valence-electron chi connectivity index (χ2n) is 8.51. The van der Waals surface area contributed by atoms with Crippen LogP contribution in [0, 0.1) is 0 Å². The zero-order valence-electron chi connectivity index (χ0n) is 18.0. The lowest BCUT2D eigenvalue weighted by Crippen LogP contribution is -2.45. The highest BCUT2D eigenvalue weighted by Gasteiger charge is 2.25. The molecule has 0 unspecified atom stereocenters. The summed E-state index contributed by atoms with van der Waals surface area (Å²) < 4.78 is 2.05. The fraction of sp³-hybridized carbons (Fsp3) is 0.320. The Morgan fingerprint density at radius 3 is 2.78 bits per heavy atom. The van der Waals surface area contributed by atoms with Gasteiger partial charge in [-0.3, -0.25) is 4.79 Å². The molecule has 6 nitrogen and oxygen atoms in total. The molecule has 0 spiro atoms. The third kappa shape index (κ3) is 4.18. The molecule has 2 atom stereocenters. The summed E-state index contributed by atoms with van der Waals surface area (Å²) in [6, 6.07) is 12.0. The van der Waals surface area contributed by atoms with Crippen LogP contribution in [0.1, 0.15) is 47.3 Å². The molecule has 0 saturated heterocycles. The summed E-state index contributed by atoms with van der Waals surface area (Å²) >= 11 is 1.59. The normalized spacial score (nSPS) is 18.7. The number of hydrogen-bond acceptors (Lipinski definition) is 5. The molecule has 164 valence electrons. The van der Waals surface area contributed by atoms with Crippen LogP contribution in [0.4, 0.5) is 0 Å². The molecule has 5 rings (SSSR count). The van der Waals surface area contributed by atoms with Crippen molar-refractivity contribution in [2.75, 3.05) is 0 Å². The lowest BCUT2D eigenvalue weighted by molar-refractivity contribution is 0.0714. The number of aliphatic hydroxyl groups excluding tert-OH is 1. The van der Waals surface area contributed by atoms with Crippen LogP contribution in [0.25, 0.3) is 22.3 Å². The largest absolute Gasteiger partial charge is 0.391 e. The molecule has 7 heteroatoms. The maximum atomic E-state index is 13.0. The summed E-state index contributed by atoms with van der Waals surface area (Å²) in [6.07, 6.45) is 5.75. The lowest BCUT2D eigenvalue weighted by atomic mass is 9.92. The van der Waals surface area contributed by atoms with Gasteiger partial charge in [-0.05, 0) is 42.5 Å². The summed E-state index contributed by atoms with van der Waals surface area (Å²) in [5.41, 5.74) is 8.37. The first-order valence-electron chi connectivity index (χ1n) is 11.0. The number of aliphatic hydroxyl groups is 1. The summed E-state index contributed by atoms with van der Waals surface area (Å²) in [5, 5.41) is 15.3. The quantitative estimate of drug-likeness (QED) is 0.478. The molecule has 3 aromatic heterocycles. The summed E-state index contributed by atoms with van der Waals surface area (Å²) in [6.45, 7) is 0. The van der Waals surface area contributed by atoms with Crippen molar-refractivity contribution in [3.63, 3.8) is 0 Å². The van der Waals surface area contributed by atoms with E-state index < -0.39 is 6.10 Å². The Bertz CT molecular complexity index is 1230. The van der Waals surface area contributed by atoms with E-state index in [9.17, 15) is 9.90 Å². The Hall–Kier alpha value is -3.03. The first-order valence-corrected chi connectivity index (χ1v) is 11.9. The maximum absolute atomic E-state index is 13.0. The van der Waals surface area contributed by atoms with Gasteiger partial charge in [-0.1, -0.05) is 37.1 Å². The molecule has 0 radical (unpaired) electrons. The second kappa shape index (κ2) is 8.84. The minimum absolute atomic E-state index is 0.203. The number of aromatic nitrogens is 3. The van der Waals surface area contributed by atoms with Crippen LogP contribution < -0.4 is 5.32 Å². The molecule has 4 aromatic rings. The fourth-order valence-electron chi connectivity index (χ4n) is 4.53. The highest BCUT2D eigenvalue weighted by molar-refractivity contribution is 7.07. The number of fused-ring (bicyclic) bond motifs is 1. The van der Waals surface area contributed by atoms with Crippen LogP contribution in [0.5, 0.6) is 0 Å². The Kier molecular flexibility index (Phi) is 5.76. The molecule has 1 aliphatic carbocycles. The van der Waals surface area contributed by atoms with E-state index in [1.165, 1.54) is 0 Å². The lowest BCUT2D eigenvalue weighted by Gasteiger charge is -2.28. The number of amides is 1. The Balaban J connectivity index is 1.43. The van der Waals surface area contributed by atoms with Crippen molar-refractivity contribution in [1.29, 1.82) is 0 Å². The molecular formula is C25H26N4O2S. The van der Waals surface area contributed by atoms with Crippen LogP contribution in [-0.2, 0) is 13.5 Å². The van der Waals surface area contributed by atoms with E-state index in [2.05, 4.69) is 39.6 Å². The van der Waals surface area contributed by atoms with Crippen LogP contribution in [0.2, 0.25) is 0 Å². The van der Waals surface area contributed by atoms with Gasteiger partial charge in [0.1, 0.15) is 5.69 Å². The zero-order valence-corrected chi connectivity index (χ0v) is 18.8. The minimum atomic E-state index is -0.483. The van der Waals surface area contributed by atoms with E-state index in [-0.39, 0.29) is 11.9 Å². The van der Waals surface area contributed by atoms with Gasteiger partial charge in [0, 0.05) is 24.2 Å². The third-order valence-corrected chi connectivity index (χ3v) is 6.85. The van der Waals surface area contributed by atoms with Crippen molar-refractivity contribution < 1.29 is 9.90 Å². The van der Waals surface area contributed by atoms with Crippen molar-refractivity contribution in [2.45, 2.75) is 44.2 Å². The van der Waals surface area contributed by atoms with E-state index in [0.717, 1.165) is 59.1 Å². The number of carbonyl (C=O) groups is 1. The van der Waals surface area contributed by atoms with Gasteiger partial charge in [0.15, 0.2) is 0 Å². The molecule has 1 aliphatic rings. The van der Waals surface area contributed by atoms with E-state index in [0.29, 0.717) is 12.1 Å². The highest BCUT2D eigenvalue weighted by atomic mass is 32.1. The van der Waals surface area contributed by atoms with Crippen molar-refractivity contribution in [2.24, 2.45) is 7.05 Å². The number of pyridine rings is 1. The molecule has 0 aliphatic heterocycles. The predicted octanol–water partition coefficient (Wildman–Crippen LogP) is 4.32. The maximum Gasteiger partial charge on any atom is 0.270 e. The Morgan fingerprint density at radius 1 is 1.22 bits per heavy atom. The van der Waals surface area contributed by atoms with Gasteiger partial charge in [0.25, 0.3) is 5.91 Å². The van der Waals surface area contributed by atoms with Crippen LogP contribution >= 0.6 is 11.3 Å². The zero-order chi connectivity index (χ0) is 22.1. The molecule has 3 heterocycles. The summed E-state index contributed by atoms with van der Waals surface area (Å²) in [5.74, 6) is -0.221. The number of benzene rings is 1. The van der Waals surface area contributed by atoms with E-state index in [1.54, 1.807) is 11.3 Å². The van der Waals surface area contributed by atoms with Crippen molar-refractivity contribution in [1.82, 2.24) is 19.9 Å². The van der Waals surface area contributed by atoms with Gasteiger partial charge >= 0.3 is 0 Å². The Morgan fingerprint density at radius 2 is 2.03 bits per heavy atom. The van der Waals surface area contributed by atoms with Crippen LogP contribution in [0.3, 0.4) is 0 Å². The number of rotatable bonds is 5. The van der Waals surface area contributed by atoms with Crippen molar-refractivity contribution >= 4 is 28.3 Å². The molecule has 1 fully saturated rings. The average molecular weight is 447 g/mol. The standard InChI is InChI=1S/C25H26N4O2S/c1-29-11-10-20-24(29)18(12-16-6-8-17(9-7-16)22-14-32-15-26-22)13-21(27-20)25(31)28-19-4-2-3-5-23(19)30/h6-11,13-15,19,23,30H,2-5,12H2,1H3,(H,28,31)/t19-,23-/m0/s1.